The molecule has 0 aliphatic carbocycles. The van der Waals surface area contributed by atoms with Crippen molar-refractivity contribution < 1.29 is 31.5 Å². The molecule has 0 radical (unpaired) electrons. The second-order valence-corrected chi connectivity index (χ2v) is 5.17. The van der Waals surface area contributed by atoms with E-state index in [0.717, 1.165) is 6.92 Å². The van der Waals surface area contributed by atoms with E-state index < -0.39 is 46.8 Å². The van der Waals surface area contributed by atoms with Crippen LogP contribution in [0.15, 0.2) is 0 Å². The summed E-state index contributed by atoms with van der Waals surface area (Å²) in [6.07, 6.45) is -6.40. The SMILES string of the molecule is CC(CC(F)(F)F)NS(=O)(=O)CCC(=O)O. The normalized spacial score (nSPS) is 14.8. The van der Waals surface area contributed by atoms with Crippen molar-refractivity contribution >= 4 is 16.0 Å². The quantitative estimate of drug-likeness (QED) is 0.739. The van der Waals surface area contributed by atoms with Gasteiger partial charge in [0.1, 0.15) is 0 Å². The second kappa shape index (κ2) is 5.48. The summed E-state index contributed by atoms with van der Waals surface area (Å²) in [4.78, 5) is 10.1. The molecule has 0 saturated carbocycles. The first-order valence-corrected chi connectivity index (χ1v) is 5.95. The average molecular weight is 263 g/mol. The zero-order chi connectivity index (χ0) is 13.0. The van der Waals surface area contributed by atoms with Crippen LogP contribution < -0.4 is 4.72 Å². The number of hydrogen-bond donors (Lipinski definition) is 2. The van der Waals surface area contributed by atoms with Crippen LogP contribution in [0.3, 0.4) is 0 Å². The molecular weight excluding hydrogens is 251 g/mol. The molecule has 0 aromatic carbocycles. The molecule has 0 amide bonds. The second-order valence-electron chi connectivity index (χ2n) is 3.30. The van der Waals surface area contributed by atoms with Crippen LogP contribution in [0.25, 0.3) is 0 Å². The lowest BCUT2D eigenvalue weighted by Crippen LogP contribution is -2.37. The maximum atomic E-state index is 11.9. The number of aliphatic carboxylic acids is 1. The van der Waals surface area contributed by atoms with E-state index in [1.807, 2.05) is 0 Å². The molecule has 1 atom stereocenters. The van der Waals surface area contributed by atoms with Gasteiger partial charge in [0.25, 0.3) is 0 Å². The first kappa shape index (κ1) is 15.2. The van der Waals surface area contributed by atoms with E-state index in [0.29, 0.717) is 0 Å². The molecule has 1 unspecified atom stereocenters. The summed E-state index contributed by atoms with van der Waals surface area (Å²) < 4.78 is 59.5. The average Bonchev–Trinajstić information content (AvgIpc) is 1.95. The fraction of sp³-hybridized carbons (Fsp3) is 0.857. The lowest BCUT2D eigenvalue weighted by molar-refractivity contribution is -0.138. The van der Waals surface area contributed by atoms with Gasteiger partial charge in [-0.1, -0.05) is 0 Å². The molecule has 5 nitrogen and oxygen atoms in total. The molecule has 96 valence electrons. The van der Waals surface area contributed by atoms with Gasteiger partial charge >= 0.3 is 12.1 Å². The summed E-state index contributed by atoms with van der Waals surface area (Å²) in [5.41, 5.74) is 0. The molecule has 0 aromatic rings. The van der Waals surface area contributed by atoms with E-state index in [2.05, 4.69) is 0 Å². The van der Waals surface area contributed by atoms with Crippen LogP contribution >= 0.6 is 0 Å². The van der Waals surface area contributed by atoms with Gasteiger partial charge in [-0.25, -0.2) is 13.1 Å². The molecule has 0 bridgehead atoms. The van der Waals surface area contributed by atoms with Gasteiger partial charge in [0.05, 0.1) is 18.6 Å². The molecule has 0 aromatic heterocycles. The Morgan fingerprint density at radius 2 is 1.94 bits per heavy atom. The minimum atomic E-state index is -4.46. The smallest absolute Gasteiger partial charge is 0.390 e. The maximum absolute atomic E-state index is 11.9. The van der Waals surface area contributed by atoms with Crippen molar-refractivity contribution in [1.82, 2.24) is 4.72 Å². The minimum Gasteiger partial charge on any atom is -0.481 e. The number of sulfonamides is 1. The Labute approximate surface area is 90.7 Å². The van der Waals surface area contributed by atoms with E-state index in [9.17, 15) is 26.4 Å². The van der Waals surface area contributed by atoms with Crippen molar-refractivity contribution in [2.24, 2.45) is 0 Å². The van der Waals surface area contributed by atoms with Crippen LogP contribution in [0, 0.1) is 0 Å². The lowest BCUT2D eigenvalue weighted by atomic mass is 10.2. The van der Waals surface area contributed by atoms with Crippen molar-refractivity contribution in [3.05, 3.63) is 0 Å². The van der Waals surface area contributed by atoms with Crippen LogP contribution in [0.4, 0.5) is 13.2 Å². The molecule has 0 saturated heterocycles. The zero-order valence-electron chi connectivity index (χ0n) is 8.41. The monoisotopic (exact) mass is 263 g/mol. The number of carboxylic acid groups (broad SMARTS) is 1. The fourth-order valence-corrected chi connectivity index (χ4v) is 2.23. The molecule has 0 aliphatic heterocycles. The van der Waals surface area contributed by atoms with E-state index >= 15 is 0 Å². The molecule has 9 heteroatoms. The molecule has 0 rings (SSSR count). The minimum absolute atomic E-state index is 0.645. The van der Waals surface area contributed by atoms with Gasteiger partial charge < -0.3 is 5.11 Å². The molecule has 0 heterocycles. The topological polar surface area (TPSA) is 83.5 Å². The van der Waals surface area contributed by atoms with Crippen LogP contribution in [-0.2, 0) is 14.8 Å². The highest BCUT2D eigenvalue weighted by Gasteiger charge is 2.31. The van der Waals surface area contributed by atoms with E-state index in [1.54, 1.807) is 4.72 Å². The number of halogens is 3. The van der Waals surface area contributed by atoms with Gasteiger partial charge in [0, 0.05) is 6.04 Å². The van der Waals surface area contributed by atoms with Crippen LogP contribution in [0.5, 0.6) is 0 Å². The molecular formula is C7H12F3NO4S. The molecule has 16 heavy (non-hydrogen) atoms. The zero-order valence-corrected chi connectivity index (χ0v) is 9.23. The summed E-state index contributed by atoms with van der Waals surface area (Å²) in [6.45, 7) is 1.06. The Morgan fingerprint density at radius 1 is 1.44 bits per heavy atom. The standard InChI is InChI=1S/C7H12F3NO4S/c1-5(4-7(8,9)10)11-16(14,15)3-2-6(12)13/h5,11H,2-4H2,1H3,(H,12,13). The van der Waals surface area contributed by atoms with Crippen LogP contribution in [-0.4, -0.2) is 37.5 Å². The summed E-state index contributed by atoms with van der Waals surface area (Å²) in [7, 11) is -3.98. The predicted octanol–water partition coefficient (Wildman–Crippen LogP) is 0.721. The van der Waals surface area contributed by atoms with Crippen molar-refractivity contribution in [2.45, 2.75) is 32.0 Å². The van der Waals surface area contributed by atoms with Gasteiger partial charge in [-0.05, 0) is 6.92 Å². The van der Waals surface area contributed by atoms with E-state index in [1.165, 1.54) is 0 Å². The van der Waals surface area contributed by atoms with Crippen molar-refractivity contribution in [2.75, 3.05) is 5.75 Å². The van der Waals surface area contributed by atoms with Crippen LogP contribution in [0.2, 0.25) is 0 Å². The van der Waals surface area contributed by atoms with Crippen molar-refractivity contribution in [1.29, 1.82) is 0 Å². The summed E-state index contributed by atoms with van der Waals surface area (Å²) >= 11 is 0. The van der Waals surface area contributed by atoms with Gasteiger partial charge in [-0.3, -0.25) is 4.79 Å². The molecule has 0 aliphatic rings. The van der Waals surface area contributed by atoms with Gasteiger partial charge in [-0.15, -0.1) is 0 Å². The number of rotatable bonds is 6. The summed E-state index contributed by atoms with van der Waals surface area (Å²) in [6, 6.07) is -1.31. The third-order valence-corrected chi connectivity index (χ3v) is 3.01. The summed E-state index contributed by atoms with van der Waals surface area (Å²) in [5, 5.41) is 8.23. The largest absolute Gasteiger partial charge is 0.481 e. The summed E-state index contributed by atoms with van der Waals surface area (Å²) in [5.74, 6) is -2.06. The fourth-order valence-electron chi connectivity index (χ4n) is 0.976. The highest BCUT2D eigenvalue weighted by molar-refractivity contribution is 7.89. The highest BCUT2D eigenvalue weighted by atomic mass is 32.2. The van der Waals surface area contributed by atoms with Gasteiger partial charge in [0.15, 0.2) is 0 Å². The third-order valence-electron chi connectivity index (χ3n) is 1.50. The van der Waals surface area contributed by atoms with E-state index in [-0.39, 0.29) is 0 Å². The first-order valence-electron chi connectivity index (χ1n) is 4.30. The van der Waals surface area contributed by atoms with Crippen molar-refractivity contribution in [3.63, 3.8) is 0 Å². The third kappa shape index (κ3) is 8.48. The van der Waals surface area contributed by atoms with Gasteiger partial charge in [0.2, 0.25) is 10.0 Å². The Morgan fingerprint density at radius 3 is 2.31 bits per heavy atom. The Kier molecular flexibility index (Phi) is 5.20. The Hall–Kier alpha value is -0.830. The number of carbonyl (C=O) groups is 1. The maximum Gasteiger partial charge on any atom is 0.390 e. The Bertz CT molecular complexity index is 338. The number of hydrogen-bond acceptors (Lipinski definition) is 3. The molecule has 0 fully saturated rings. The first-order chi connectivity index (χ1) is 7.02. The Balaban J connectivity index is 4.21. The highest BCUT2D eigenvalue weighted by Crippen LogP contribution is 2.21. The van der Waals surface area contributed by atoms with E-state index in [4.69, 9.17) is 5.11 Å². The van der Waals surface area contributed by atoms with Crippen LogP contribution in [0.1, 0.15) is 19.8 Å². The van der Waals surface area contributed by atoms with Crippen molar-refractivity contribution in [3.8, 4) is 0 Å². The number of alkyl halides is 3. The van der Waals surface area contributed by atoms with Gasteiger partial charge in [-0.2, -0.15) is 13.2 Å². The number of nitrogens with one attached hydrogen (secondary N) is 1. The molecule has 2 N–H and O–H groups in total. The number of carboxylic acids is 1. The lowest BCUT2D eigenvalue weighted by Gasteiger charge is -2.15. The molecule has 0 spiro atoms. The predicted molar refractivity (Wildman–Crippen MR) is 49.3 cm³/mol.